The molecule has 0 saturated carbocycles. The van der Waals surface area contributed by atoms with Crippen LogP contribution in [0.4, 0.5) is 4.79 Å². The van der Waals surface area contributed by atoms with Crippen LogP contribution >= 0.6 is 11.6 Å². The third kappa shape index (κ3) is 4.30. The predicted octanol–water partition coefficient (Wildman–Crippen LogP) is 1.89. The van der Waals surface area contributed by atoms with Gasteiger partial charge in [0.05, 0.1) is 12.1 Å². The van der Waals surface area contributed by atoms with E-state index < -0.39 is 0 Å². The van der Waals surface area contributed by atoms with Gasteiger partial charge in [-0.15, -0.1) is 0 Å². The third-order valence-corrected chi connectivity index (χ3v) is 5.68. The number of carbonyl (C=O) groups is 2. The van der Waals surface area contributed by atoms with E-state index in [2.05, 4.69) is 5.32 Å². The van der Waals surface area contributed by atoms with E-state index in [1.807, 2.05) is 34.1 Å². The van der Waals surface area contributed by atoms with Gasteiger partial charge in [0.2, 0.25) is 5.91 Å². The van der Waals surface area contributed by atoms with Gasteiger partial charge in [-0.25, -0.2) is 4.79 Å². The maximum atomic E-state index is 12.9. The molecular weight excluding hydrogens is 370 g/mol. The Bertz CT molecular complexity index is 691. The molecule has 3 saturated heterocycles. The molecule has 1 aromatic carbocycles. The van der Waals surface area contributed by atoms with E-state index in [9.17, 15) is 9.59 Å². The van der Waals surface area contributed by atoms with E-state index in [0.29, 0.717) is 31.2 Å². The summed E-state index contributed by atoms with van der Waals surface area (Å²) in [7, 11) is 0. The lowest BCUT2D eigenvalue weighted by atomic mass is 10.0. The summed E-state index contributed by atoms with van der Waals surface area (Å²) in [6.45, 7) is 2.64. The number of nitrogens with zero attached hydrogens (tertiary/aromatic N) is 2. The van der Waals surface area contributed by atoms with Crippen molar-refractivity contribution in [3.05, 3.63) is 29.3 Å². The molecule has 146 valence electrons. The quantitative estimate of drug-likeness (QED) is 0.833. The monoisotopic (exact) mass is 393 g/mol. The molecule has 3 heterocycles. The van der Waals surface area contributed by atoms with Crippen molar-refractivity contribution in [3.63, 3.8) is 0 Å². The smallest absolute Gasteiger partial charge is 0.320 e. The maximum Gasteiger partial charge on any atom is 0.320 e. The molecule has 3 aliphatic heterocycles. The number of carbonyl (C=O) groups excluding carboxylic acids is 2. The molecule has 8 heteroatoms. The van der Waals surface area contributed by atoms with Gasteiger partial charge in [-0.1, -0.05) is 11.6 Å². The van der Waals surface area contributed by atoms with Crippen LogP contribution in [0.25, 0.3) is 0 Å². The summed E-state index contributed by atoms with van der Waals surface area (Å²) in [5.41, 5.74) is 0. The number of ether oxygens (including phenoxy) is 2. The Morgan fingerprint density at radius 2 is 1.81 bits per heavy atom. The molecule has 2 atom stereocenters. The molecule has 0 aliphatic carbocycles. The van der Waals surface area contributed by atoms with Crippen LogP contribution in [0.15, 0.2) is 24.3 Å². The van der Waals surface area contributed by atoms with Gasteiger partial charge >= 0.3 is 6.03 Å². The fraction of sp³-hybridized carbons (Fsp3) is 0.579. The van der Waals surface area contributed by atoms with Crippen LogP contribution in [-0.2, 0) is 9.53 Å². The number of benzene rings is 1. The Hall–Kier alpha value is -1.99. The number of hydrogen-bond acceptors (Lipinski definition) is 4. The lowest BCUT2D eigenvalue weighted by Crippen LogP contribution is -2.62. The summed E-state index contributed by atoms with van der Waals surface area (Å²) in [6.07, 6.45) is 2.48. The minimum Gasteiger partial charge on any atom is -0.490 e. The number of rotatable bonds is 2. The number of morpholine rings is 1. The Balaban J connectivity index is 1.27. The highest BCUT2D eigenvalue weighted by molar-refractivity contribution is 6.30. The Labute approximate surface area is 163 Å². The zero-order valence-electron chi connectivity index (χ0n) is 15.1. The molecule has 0 unspecified atom stereocenters. The van der Waals surface area contributed by atoms with Crippen molar-refractivity contribution >= 4 is 23.5 Å². The molecule has 3 amide bonds. The Morgan fingerprint density at radius 1 is 1.11 bits per heavy atom. The molecule has 0 bridgehead atoms. The first-order valence-corrected chi connectivity index (χ1v) is 9.83. The number of amides is 3. The van der Waals surface area contributed by atoms with Crippen molar-refractivity contribution in [3.8, 4) is 5.75 Å². The van der Waals surface area contributed by atoms with Gasteiger partial charge in [0.1, 0.15) is 18.5 Å². The predicted molar refractivity (Wildman–Crippen MR) is 99.9 cm³/mol. The van der Waals surface area contributed by atoms with Crippen molar-refractivity contribution in [2.75, 3.05) is 32.8 Å². The molecular formula is C19H24ClN3O4. The average Bonchev–Trinajstić information content (AvgIpc) is 2.69. The standard InChI is InChI=1S/C19H24ClN3O4/c20-13-1-3-14(4-2-13)27-15-5-8-22(9-6-15)19(25)23-10-7-17-16(11-23)21-18(24)12-26-17/h1-4,15-17H,5-12H2,(H,21,24)/t16-,17+/m1/s1. The molecule has 4 rings (SSSR count). The highest BCUT2D eigenvalue weighted by atomic mass is 35.5. The third-order valence-electron chi connectivity index (χ3n) is 5.42. The van der Waals surface area contributed by atoms with Crippen molar-refractivity contribution in [2.24, 2.45) is 0 Å². The van der Waals surface area contributed by atoms with Crippen LogP contribution in [0.2, 0.25) is 5.02 Å². The van der Waals surface area contributed by atoms with Gasteiger partial charge in [-0.05, 0) is 30.7 Å². The molecule has 0 spiro atoms. The highest BCUT2D eigenvalue weighted by Gasteiger charge is 2.38. The zero-order chi connectivity index (χ0) is 18.8. The van der Waals surface area contributed by atoms with Crippen LogP contribution in [0.3, 0.4) is 0 Å². The average molecular weight is 394 g/mol. The molecule has 1 N–H and O–H groups in total. The van der Waals surface area contributed by atoms with Gasteiger partial charge in [0.15, 0.2) is 0 Å². The molecule has 7 nitrogen and oxygen atoms in total. The summed E-state index contributed by atoms with van der Waals surface area (Å²) in [5.74, 6) is 0.699. The molecule has 3 aliphatic rings. The van der Waals surface area contributed by atoms with E-state index in [0.717, 1.165) is 25.0 Å². The lowest BCUT2D eigenvalue weighted by Gasteiger charge is -2.43. The van der Waals surface area contributed by atoms with E-state index in [1.165, 1.54) is 0 Å². The number of urea groups is 1. The second-order valence-corrected chi connectivity index (χ2v) is 7.74. The zero-order valence-corrected chi connectivity index (χ0v) is 15.9. The SMILES string of the molecule is O=C1CO[C@H]2CCN(C(=O)N3CCC(Oc4ccc(Cl)cc4)CC3)C[C@H]2N1. The second kappa shape index (κ2) is 7.94. The fourth-order valence-electron chi connectivity index (χ4n) is 3.94. The summed E-state index contributed by atoms with van der Waals surface area (Å²) in [5, 5.41) is 3.62. The molecule has 0 radical (unpaired) electrons. The number of nitrogens with one attached hydrogen (secondary N) is 1. The Morgan fingerprint density at radius 3 is 2.56 bits per heavy atom. The minimum absolute atomic E-state index is 0.0188. The Kier molecular flexibility index (Phi) is 5.41. The van der Waals surface area contributed by atoms with Crippen molar-refractivity contribution in [1.82, 2.24) is 15.1 Å². The van der Waals surface area contributed by atoms with E-state index in [-0.39, 0.29) is 36.8 Å². The fourth-order valence-corrected chi connectivity index (χ4v) is 4.07. The van der Waals surface area contributed by atoms with Crippen LogP contribution in [0.1, 0.15) is 19.3 Å². The molecule has 3 fully saturated rings. The van der Waals surface area contributed by atoms with Gasteiger partial charge in [0, 0.05) is 44.0 Å². The number of hydrogen-bond donors (Lipinski definition) is 1. The summed E-state index contributed by atoms with van der Waals surface area (Å²) in [6, 6.07) is 7.29. The largest absolute Gasteiger partial charge is 0.490 e. The van der Waals surface area contributed by atoms with E-state index >= 15 is 0 Å². The first-order chi connectivity index (χ1) is 13.1. The number of piperidine rings is 2. The van der Waals surface area contributed by atoms with Gasteiger partial charge in [0.25, 0.3) is 0 Å². The normalized spacial score (nSPS) is 26.3. The molecule has 27 heavy (non-hydrogen) atoms. The summed E-state index contributed by atoms with van der Waals surface area (Å²) < 4.78 is 11.5. The van der Waals surface area contributed by atoms with Crippen molar-refractivity contribution < 1.29 is 19.1 Å². The minimum atomic E-state index is -0.106. The first-order valence-electron chi connectivity index (χ1n) is 9.45. The lowest BCUT2D eigenvalue weighted by molar-refractivity contribution is -0.139. The van der Waals surface area contributed by atoms with Crippen LogP contribution in [0, 0.1) is 0 Å². The number of likely N-dealkylation sites (tertiary alicyclic amines) is 2. The second-order valence-electron chi connectivity index (χ2n) is 7.30. The van der Waals surface area contributed by atoms with Crippen molar-refractivity contribution in [2.45, 2.75) is 37.5 Å². The van der Waals surface area contributed by atoms with Crippen LogP contribution < -0.4 is 10.1 Å². The van der Waals surface area contributed by atoms with Crippen LogP contribution in [0.5, 0.6) is 5.75 Å². The van der Waals surface area contributed by atoms with Gasteiger partial charge in [-0.3, -0.25) is 4.79 Å². The highest BCUT2D eigenvalue weighted by Crippen LogP contribution is 2.23. The maximum absolute atomic E-state index is 12.9. The van der Waals surface area contributed by atoms with E-state index in [1.54, 1.807) is 0 Å². The van der Waals surface area contributed by atoms with Gasteiger partial charge < -0.3 is 24.6 Å². The van der Waals surface area contributed by atoms with Crippen molar-refractivity contribution in [1.29, 1.82) is 0 Å². The number of halogens is 1. The topological polar surface area (TPSA) is 71.1 Å². The number of fused-ring (bicyclic) bond motifs is 1. The molecule has 0 aromatic heterocycles. The summed E-state index contributed by atoms with van der Waals surface area (Å²) >= 11 is 5.90. The first kappa shape index (κ1) is 18.4. The van der Waals surface area contributed by atoms with Gasteiger partial charge in [-0.2, -0.15) is 0 Å². The summed E-state index contributed by atoms with van der Waals surface area (Å²) in [4.78, 5) is 28.1. The van der Waals surface area contributed by atoms with Crippen LogP contribution in [-0.4, -0.2) is 72.8 Å². The van der Waals surface area contributed by atoms with E-state index in [4.69, 9.17) is 21.1 Å². The molecule has 1 aromatic rings.